The van der Waals surface area contributed by atoms with Gasteiger partial charge in [-0.2, -0.15) is 0 Å². The predicted molar refractivity (Wildman–Crippen MR) is 65.4 cm³/mol. The largest absolute Gasteiger partial charge is 0.277 e. The standard InChI is InChI=1S/C13H8ClNO2/c1-15-12(16)9-6-10(14)7-4-2-3-5-8(7)11(9)13(15)17/h2-6H,1H3. The van der Waals surface area contributed by atoms with Gasteiger partial charge in [0.15, 0.2) is 0 Å². The molecule has 0 N–H and O–H groups in total. The van der Waals surface area contributed by atoms with E-state index >= 15 is 0 Å². The maximum Gasteiger partial charge on any atom is 0.261 e. The van der Waals surface area contributed by atoms with Gasteiger partial charge in [0.05, 0.1) is 11.1 Å². The molecule has 1 aliphatic rings. The van der Waals surface area contributed by atoms with Gasteiger partial charge >= 0.3 is 0 Å². The Bertz CT molecular complexity index is 678. The van der Waals surface area contributed by atoms with Crippen LogP contribution in [0.5, 0.6) is 0 Å². The molecule has 0 unspecified atom stereocenters. The van der Waals surface area contributed by atoms with Gasteiger partial charge in [-0.15, -0.1) is 0 Å². The number of carbonyl (C=O) groups is 2. The van der Waals surface area contributed by atoms with Crippen molar-refractivity contribution >= 4 is 34.2 Å². The first-order chi connectivity index (χ1) is 8.11. The van der Waals surface area contributed by atoms with Gasteiger partial charge in [0.1, 0.15) is 0 Å². The van der Waals surface area contributed by atoms with Gasteiger partial charge in [-0.3, -0.25) is 14.5 Å². The third kappa shape index (κ3) is 1.23. The summed E-state index contributed by atoms with van der Waals surface area (Å²) in [6, 6.07) is 8.90. The number of rotatable bonds is 0. The second kappa shape index (κ2) is 3.31. The topological polar surface area (TPSA) is 37.4 Å². The minimum atomic E-state index is -0.294. The van der Waals surface area contributed by atoms with Crippen LogP contribution in [0.2, 0.25) is 5.02 Å². The van der Waals surface area contributed by atoms with Crippen LogP contribution in [0.15, 0.2) is 30.3 Å². The van der Waals surface area contributed by atoms with Crippen molar-refractivity contribution in [3.63, 3.8) is 0 Å². The summed E-state index contributed by atoms with van der Waals surface area (Å²) >= 11 is 6.12. The van der Waals surface area contributed by atoms with Crippen molar-refractivity contribution in [2.75, 3.05) is 7.05 Å². The molecule has 0 saturated heterocycles. The van der Waals surface area contributed by atoms with E-state index in [2.05, 4.69) is 0 Å². The van der Waals surface area contributed by atoms with Crippen LogP contribution in [0.4, 0.5) is 0 Å². The Labute approximate surface area is 103 Å². The van der Waals surface area contributed by atoms with Crippen molar-refractivity contribution in [1.82, 2.24) is 4.90 Å². The van der Waals surface area contributed by atoms with E-state index in [0.717, 1.165) is 15.7 Å². The number of halogens is 1. The maximum absolute atomic E-state index is 12.0. The van der Waals surface area contributed by atoms with Crippen LogP contribution in [0.1, 0.15) is 20.7 Å². The Balaban J connectivity index is 2.50. The normalized spacial score (nSPS) is 14.6. The van der Waals surface area contributed by atoms with E-state index < -0.39 is 0 Å². The van der Waals surface area contributed by atoms with E-state index in [1.165, 1.54) is 7.05 Å². The molecule has 17 heavy (non-hydrogen) atoms. The summed E-state index contributed by atoms with van der Waals surface area (Å²) in [5.74, 6) is -0.560. The van der Waals surface area contributed by atoms with Crippen molar-refractivity contribution in [2.24, 2.45) is 0 Å². The number of hydrogen-bond acceptors (Lipinski definition) is 2. The minimum Gasteiger partial charge on any atom is -0.277 e. The summed E-state index contributed by atoms with van der Waals surface area (Å²) in [6.07, 6.45) is 0. The van der Waals surface area contributed by atoms with E-state index in [0.29, 0.717) is 16.1 Å². The van der Waals surface area contributed by atoms with E-state index in [1.807, 2.05) is 24.3 Å². The molecular formula is C13H8ClNO2. The van der Waals surface area contributed by atoms with Gasteiger partial charge in [0, 0.05) is 17.5 Å². The number of hydrogen-bond donors (Lipinski definition) is 0. The monoisotopic (exact) mass is 245 g/mol. The summed E-state index contributed by atoms with van der Waals surface area (Å²) in [5.41, 5.74) is 0.846. The highest BCUT2D eigenvalue weighted by Gasteiger charge is 2.34. The molecule has 0 aliphatic carbocycles. The first kappa shape index (κ1) is 10.3. The fourth-order valence-corrected chi connectivity index (χ4v) is 2.44. The van der Waals surface area contributed by atoms with Crippen LogP contribution in [-0.4, -0.2) is 23.8 Å². The average molecular weight is 246 g/mol. The van der Waals surface area contributed by atoms with Crippen molar-refractivity contribution in [3.05, 3.63) is 46.5 Å². The first-order valence-electron chi connectivity index (χ1n) is 5.15. The quantitative estimate of drug-likeness (QED) is 0.670. The third-order valence-electron chi connectivity index (χ3n) is 3.05. The number of imide groups is 1. The molecule has 0 aromatic heterocycles. The lowest BCUT2D eigenvalue weighted by molar-refractivity contribution is 0.0693. The summed E-state index contributed by atoms with van der Waals surface area (Å²) in [6.45, 7) is 0. The highest BCUT2D eigenvalue weighted by atomic mass is 35.5. The van der Waals surface area contributed by atoms with Gasteiger partial charge < -0.3 is 0 Å². The molecule has 1 aliphatic heterocycles. The van der Waals surface area contributed by atoms with Crippen molar-refractivity contribution in [2.45, 2.75) is 0 Å². The van der Waals surface area contributed by atoms with Crippen LogP contribution in [0, 0.1) is 0 Å². The van der Waals surface area contributed by atoms with E-state index in [9.17, 15) is 9.59 Å². The van der Waals surface area contributed by atoms with Gasteiger partial charge in [0.25, 0.3) is 11.8 Å². The number of fused-ring (bicyclic) bond motifs is 3. The lowest BCUT2D eigenvalue weighted by Crippen LogP contribution is -2.24. The summed E-state index contributed by atoms with van der Waals surface area (Å²) in [5, 5.41) is 2.03. The number of carbonyl (C=O) groups excluding carboxylic acids is 2. The molecule has 0 bridgehead atoms. The fourth-order valence-electron chi connectivity index (χ4n) is 2.17. The molecule has 2 amide bonds. The maximum atomic E-state index is 12.0. The Morgan fingerprint density at radius 3 is 2.41 bits per heavy atom. The lowest BCUT2D eigenvalue weighted by Gasteiger charge is -2.04. The molecule has 0 radical (unpaired) electrons. The first-order valence-corrected chi connectivity index (χ1v) is 5.52. The zero-order valence-corrected chi connectivity index (χ0v) is 9.78. The molecule has 0 spiro atoms. The van der Waals surface area contributed by atoms with Crippen LogP contribution >= 0.6 is 11.6 Å². The zero-order valence-electron chi connectivity index (χ0n) is 9.03. The van der Waals surface area contributed by atoms with E-state index in [1.54, 1.807) is 6.07 Å². The Morgan fingerprint density at radius 1 is 1.06 bits per heavy atom. The fraction of sp³-hybridized carbons (Fsp3) is 0.0769. The second-order valence-electron chi connectivity index (χ2n) is 4.00. The highest BCUT2D eigenvalue weighted by Crippen LogP contribution is 2.34. The Kier molecular flexibility index (Phi) is 2.00. The summed E-state index contributed by atoms with van der Waals surface area (Å²) in [4.78, 5) is 25.0. The van der Waals surface area contributed by atoms with Crippen LogP contribution in [0.3, 0.4) is 0 Å². The van der Waals surface area contributed by atoms with Crippen molar-refractivity contribution in [3.8, 4) is 0 Å². The Morgan fingerprint density at radius 2 is 1.71 bits per heavy atom. The van der Waals surface area contributed by atoms with E-state index in [4.69, 9.17) is 11.6 Å². The molecule has 3 nitrogen and oxygen atoms in total. The molecule has 2 aromatic rings. The predicted octanol–water partition coefficient (Wildman–Crippen LogP) is 2.72. The van der Waals surface area contributed by atoms with Crippen molar-refractivity contribution < 1.29 is 9.59 Å². The van der Waals surface area contributed by atoms with Crippen molar-refractivity contribution in [1.29, 1.82) is 0 Å². The second-order valence-corrected chi connectivity index (χ2v) is 4.40. The molecule has 0 fully saturated rings. The SMILES string of the molecule is CN1C(=O)c2cc(Cl)c3ccccc3c2C1=O. The average Bonchev–Trinajstić information content (AvgIpc) is 2.55. The molecule has 4 heteroatoms. The Hall–Kier alpha value is -1.87. The van der Waals surface area contributed by atoms with Crippen LogP contribution in [-0.2, 0) is 0 Å². The smallest absolute Gasteiger partial charge is 0.261 e. The molecule has 2 aromatic carbocycles. The van der Waals surface area contributed by atoms with E-state index in [-0.39, 0.29) is 11.8 Å². The van der Waals surface area contributed by atoms with Gasteiger partial charge in [0.2, 0.25) is 0 Å². The van der Waals surface area contributed by atoms with Crippen LogP contribution < -0.4 is 0 Å². The summed E-state index contributed by atoms with van der Waals surface area (Å²) in [7, 11) is 1.48. The number of benzene rings is 2. The summed E-state index contributed by atoms with van der Waals surface area (Å²) < 4.78 is 0. The lowest BCUT2D eigenvalue weighted by atomic mass is 10.0. The van der Waals surface area contributed by atoms with Crippen LogP contribution in [0.25, 0.3) is 10.8 Å². The molecule has 84 valence electrons. The third-order valence-corrected chi connectivity index (χ3v) is 3.36. The highest BCUT2D eigenvalue weighted by molar-refractivity contribution is 6.38. The zero-order chi connectivity index (χ0) is 12.2. The van der Waals surface area contributed by atoms with Gasteiger partial charge in [-0.05, 0) is 11.5 Å². The molecule has 3 rings (SSSR count). The molecule has 1 heterocycles. The van der Waals surface area contributed by atoms with Gasteiger partial charge in [-0.1, -0.05) is 35.9 Å². The molecule has 0 saturated carbocycles. The number of amides is 2. The number of nitrogens with zero attached hydrogens (tertiary/aromatic N) is 1. The molecule has 0 atom stereocenters. The van der Waals surface area contributed by atoms with Gasteiger partial charge in [-0.25, -0.2) is 0 Å². The minimum absolute atomic E-state index is 0.266. The molecular weight excluding hydrogens is 238 g/mol.